The van der Waals surface area contributed by atoms with E-state index in [2.05, 4.69) is 15.3 Å². The van der Waals surface area contributed by atoms with Crippen molar-refractivity contribution >= 4 is 29.1 Å². The highest BCUT2D eigenvalue weighted by Crippen LogP contribution is 2.33. The molecule has 2 unspecified atom stereocenters. The zero-order valence-electron chi connectivity index (χ0n) is 12.1. The van der Waals surface area contributed by atoms with E-state index in [1.54, 1.807) is 0 Å². The number of halogens is 1. The van der Waals surface area contributed by atoms with Crippen molar-refractivity contribution in [2.75, 3.05) is 19.0 Å². The molecule has 1 fully saturated rings. The first kappa shape index (κ1) is 16.4. The maximum atomic E-state index is 11.8. The standard InChI is InChI=1S/C13H17ClN4O4/c1-22-13(19)9-5-3-2-4-8(9)6-15-12-10(18(20)21)11(14)16-7-17-12/h7-9H,2-6H2,1H3,(H,15,16,17). The van der Waals surface area contributed by atoms with Crippen LogP contribution in [0, 0.1) is 22.0 Å². The van der Waals surface area contributed by atoms with Gasteiger partial charge < -0.3 is 10.1 Å². The summed E-state index contributed by atoms with van der Waals surface area (Å²) in [5, 5.41) is 13.8. The summed E-state index contributed by atoms with van der Waals surface area (Å²) in [4.78, 5) is 29.7. The maximum Gasteiger partial charge on any atom is 0.348 e. The van der Waals surface area contributed by atoms with Gasteiger partial charge in [0.2, 0.25) is 11.0 Å². The molecule has 0 radical (unpaired) electrons. The topological polar surface area (TPSA) is 107 Å². The van der Waals surface area contributed by atoms with Crippen molar-refractivity contribution in [3.05, 3.63) is 21.6 Å². The van der Waals surface area contributed by atoms with Crippen LogP contribution in [-0.2, 0) is 9.53 Å². The highest BCUT2D eigenvalue weighted by atomic mass is 35.5. The Morgan fingerprint density at radius 2 is 2.23 bits per heavy atom. The molecule has 0 amide bonds. The van der Waals surface area contributed by atoms with E-state index in [-0.39, 0.29) is 34.5 Å². The molecule has 2 atom stereocenters. The lowest BCUT2D eigenvalue weighted by Gasteiger charge is -2.29. The number of rotatable bonds is 5. The van der Waals surface area contributed by atoms with Crippen molar-refractivity contribution < 1.29 is 14.5 Å². The molecule has 0 aromatic carbocycles. The zero-order chi connectivity index (χ0) is 16.1. The Balaban J connectivity index is 2.10. The summed E-state index contributed by atoms with van der Waals surface area (Å²) < 4.78 is 4.83. The lowest BCUT2D eigenvalue weighted by atomic mass is 9.79. The number of nitrogens with one attached hydrogen (secondary N) is 1. The molecule has 120 valence electrons. The first-order valence-electron chi connectivity index (χ1n) is 7.01. The lowest BCUT2D eigenvalue weighted by Crippen LogP contribution is -2.32. The third kappa shape index (κ3) is 3.62. The molecule has 8 nitrogen and oxygen atoms in total. The molecular weight excluding hydrogens is 312 g/mol. The van der Waals surface area contributed by atoms with E-state index < -0.39 is 4.92 Å². The minimum atomic E-state index is -0.622. The second-order valence-corrected chi connectivity index (χ2v) is 5.53. The SMILES string of the molecule is COC(=O)C1CCCCC1CNc1ncnc(Cl)c1[N+](=O)[O-]. The van der Waals surface area contributed by atoms with Crippen LogP contribution in [0.3, 0.4) is 0 Å². The van der Waals surface area contributed by atoms with Crippen molar-refractivity contribution in [2.24, 2.45) is 11.8 Å². The van der Waals surface area contributed by atoms with E-state index in [1.807, 2.05) is 0 Å². The van der Waals surface area contributed by atoms with Crippen LogP contribution in [0.1, 0.15) is 25.7 Å². The van der Waals surface area contributed by atoms with Gasteiger partial charge in [0.25, 0.3) is 0 Å². The summed E-state index contributed by atoms with van der Waals surface area (Å²) in [6.07, 6.45) is 4.80. The smallest absolute Gasteiger partial charge is 0.348 e. The van der Waals surface area contributed by atoms with Gasteiger partial charge in [-0.25, -0.2) is 9.97 Å². The number of anilines is 1. The van der Waals surface area contributed by atoms with Crippen molar-refractivity contribution in [2.45, 2.75) is 25.7 Å². The third-order valence-electron chi connectivity index (χ3n) is 3.90. The van der Waals surface area contributed by atoms with E-state index in [0.29, 0.717) is 6.54 Å². The summed E-state index contributed by atoms with van der Waals surface area (Å²) in [7, 11) is 1.37. The van der Waals surface area contributed by atoms with Gasteiger partial charge in [-0.05, 0) is 18.8 Å². The molecule has 1 heterocycles. The number of hydrogen-bond acceptors (Lipinski definition) is 7. The van der Waals surface area contributed by atoms with Gasteiger partial charge in [-0.2, -0.15) is 0 Å². The molecule has 9 heteroatoms. The minimum absolute atomic E-state index is 0.0505. The Hall–Kier alpha value is -1.96. The molecule has 0 saturated heterocycles. The highest BCUT2D eigenvalue weighted by Gasteiger charge is 2.32. The first-order chi connectivity index (χ1) is 10.5. The molecule has 0 aliphatic heterocycles. The van der Waals surface area contributed by atoms with Gasteiger partial charge in [-0.1, -0.05) is 24.4 Å². The monoisotopic (exact) mass is 328 g/mol. The number of esters is 1. The van der Waals surface area contributed by atoms with Crippen molar-refractivity contribution in [1.82, 2.24) is 9.97 Å². The molecular formula is C13H17ClN4O4. The van der Waals surface area contributed by atoms with Crippen molar-refractivity contribution in [1.29, 1.82) is 0 Å². The number of carbonyl (C=O) groups is 1. The van der Waals surface area contributed by atoms with Crippen LogP contribution in [0.2, 0.25) is 5.15 Å². The van der Waals surface area contributed by atoms with E-state index in [0.717, 1.165) is 32.0 Å². The van der Waals surface area contributed by atoms with Crippen LogP contribution >= 0.6 is 11.6 Å². The van der Waals surface area contributed by atoms with Gasteiger partial charge in [0.05, 0.1) is 18.0 Å². The van der Waals surface area contributed by atoms with Crippen LogP contribution < -0.4 is 5.32 Å². The fourth-order valence-electron chi connectivity index (χ4n) is 2.79. The quantitative estimate of drug-likeness (QED) is 0.383. The molecule has 1 N–H and O–H groups in total. The molecule has 1 aromatic heterocycles. The van der Waals surface area contributed by atoms with Crippen LogP contribution in [0.5, 0.6) is 0 Å². The van der Waals surface area contributed by atoms with Crippen molar-refractivity contribution in [3.63, 3.8) is 0 Å². The first-order valence-corrected chi connectivity index (χ1v) is 7.39. The summed E-state index contributed by atoms with van der Waals surface area (Å²) in [5.41, 5.74) is -0.352. The molecule has 0 bridgehead atoms. The summed E-state index contributed by atoms with van der Waals surface area (Å²) >= 11 is 5.74. The molecule has 1 aliphatic rings. The minimum Gasteiger partial charge on any atom is -0.469 e. The van der Waals surface area contributed by atoms with Crippen LogP contribution in [-0.4, -0.2) is 34.5 Å². The summed E-state index contributed by atoms with van der Waals surface area (Å²) in [6, 6.07) is 0. The second kappa shape index (κ2) is 7.35. The normalized spacial score (nSPS) is 21.2. The highest BCUT2D eigenvalue weighted by molar-refractivity contribution is 6.31. The fourth-order valence-corrected chi connectivity index (χ4v) is 2.99. The summed E-state index contributed by atoms with van der Waals surface area (Å²) in [5.74, 6) is -0.307. The third-order valence-corrected chi connectivity index (χ3v) is 4.18. The molecule has 1 aliphatic carbocycles. The van der Waals surface area contributed by atoms with Gasteiger partial charge in [0.15, 0.2) is 0 Å². The van der Waals surface area contributed by atoms with Gasteiger partial charge in [-0.3, -0.25) is 14.9 Å². The number of ether oxygens (including phenoxy) is 1. The molecule has 1 saturated carbocycles. The number of aromatic nitrogens is 2. The Morgan fingerprint density at radius 3 is 2.91 bits per heavy atom. The Morgan fingerprint density at radius 1 is 1.50 bits per heavy atom. The van der Waals surface area contributed by atoms with Gasteiger partial charge in [0.1, 0.15) is 6.33 Å². The summed E-state index contributed by atoms with van der Waals surface area (Å²) in [6.45, 7) is 0.397. The fraction of sp³-hybridized carbons (Fsp3) is 0.615. The van der Waals surface area contributed by atoms with Gasteiger partial charge >= 0.3 is 11.7 Å². The van der Waals surface area contributed by atoms with Gasteiger partial charge in [-0.15, -0.1) is 0 Å². The average molecular weight is 329 g/mol. The van der Waals surface area contributed by atoms with E-state index in [9.17, 15) is 14.9 Å². The Labute approximate surface area is 132 Å². The molecule has 0 spiro atoms. The Bertz CT molecular complexity index is 569. The number of carbonyl (C=O) groups excluding carboxylic acids is 1. The van der Waals surface area contributed by atoms with E-state index in [4.69, 9.17) is 16.3 Å². The van der Waals surface area contributed by atoms with Crippen LogP contribution in [0.4, 0.5) is 11.5 Å². The number of methoxy groups -OCH3 is 1. The van der Waals surface area contributed by atoms with E-state index in [1.165, 1.54) is 7.11 Å². The van der Waals surface area contributed by atoms with E-state index >= 15 is 0 Å². The van der Waals surface area contributed by atoms with Crippen LogP contribution in [0.15, 0.2) is 6.33 Å². The predicted molar refractivity (Wildman–Crippen MR) is 79.7 cm³/mol. The molecule has 22 heavy (non-hydrogen) atoms. The number of nitro groups is 1. The van der Waals surface area contributed by atoms with Gasteiger partial charge in [0, 0.05) is 6.54 Å². The van der Waals surface area contributed by atoms with Crippen LogP contribution in [0.25, 0.3) is 0 Å². The zero-order valence-corrected chi connectivity index (χ0v) is 12.9. The largest absolute Gasteiger partial charge is 0.469 e. The maximum absolute atomic E-state index is 11.8. The second-order valence-electron chi connectivity index (χ2n) is 5.17. The number of hydrogen-bond donors (Lipinski definition) is 1. The molecule has 1 aromatic rings. The molecule has 2 rings (SSSR count). The Kier molecular flexibility index (Phi) is 5.48. The predicted octanol–water partition coefficient (Wildman–Crippen LogP) is 2.43. The number of nitrogens with zero attached hydrogens (tertiary/aromatic N) is 3. The lowest BCUT2D eigenvalue weighted by molar-refractivity contribution is -0.384. The van der Waals surface area contributed by atoms with Crippen molar-refractivity contribution in [3.8, 4) is 0 Å². The average Bonchev–Trinajstić information content (AvgIpc) is 2.52.